The molecule has 0 aliphatic carbocycles. The van der Waals surface area contributed by atoms with Gasteiger partial charge in [0.2, 0.25) is 11.7 Å². The maximum Gasteiger partial charge on any atom is 0.451 e. The predicted octanol–water partition coefficient (Wildman–Crippen LogP) is 3.49. The molecule has 7 heteroatoms. The topological polar surface area (TPSA) is 47.0 Å². The molecule has 0 aliphatic heterocycles. The summed E-state index contributed by atoms with van der Waals surface area (Å²) < 4.78 is 43.6. The van der Waals surface area contributed by atoms with Crippen molar-refractivity contribution in [2.24, 2.45) is 0 Å². The zero-order valence-electron chi connectivity index (χ0n) is 11.4. The molecule has 0 aliphatic rings. The molecular weight excluding hydrogens is 259 g/mol. The predicted molar refractivity (Wildman–Crippen MR) is 66.2 cm³/mol. The van der Waals surface area contributed by atoms with Crippen molar-refractivity contribution in [3.8, 4) is 5.88 Å². The lowest BCUT2D eigenvalue weighted by Crippen LogP contribution is -2.28. The second-order valence-corrected chi connectivity index (χ2v) is 4.66. The van der Waals surface area contributed by atoms with Gasteiger partial charge >= 0.3 is 6.18 Å². The van der Waals surface area contributed by atoms with E-state index in [4.69, 9.17) is 4.74 Å². The Balaban J connectivity index is 3.13. The zero-order valence-corrected chi connectivity index (χ0v) is 11.4. The average Bonchev–Trinajstić information content (AvgIpc) is 2.27. The third-order valence-electron chi connectivity index (χ3n) is 2.55. The van der Waals surface area contributed by atoms with E-state index in [2.05, 4.69) is 15.3 Å². The van der Waals surface area contributed by atoms with Gasteiger partial charge in [-0.05, 0) is 27.2 Å². The molecular formula is C12H18F3N3O. The Labute approximate surface area is 110 Å². The molecule has 4 nitrogen and oxygen atoms in total. The van der Waals surface area contributed by atoms with E-state index in [0.717, 1.165) is 0 Å². The summed E-state index contributed by atoms with van der Waals surface area (Å²) in [4.78, 5) is 6.84. The monoisotopic (exact) mass is 277 g/mol. The summed E-state index contributed by atoms with van der Waals surface area (Å²) in [5.74, 6) is -1.18. The van der Waals surface area contributed by atoms with Gasteiger partial charge in [-0.2, -0.15) is 18.2 Å². The van der Waals surface area contributed by atoms with Crippen molar-refractivity contribution >= 4 is 5.82 Å². The van der Waals surface area contributed by atoms with Crippen LogP contribution in [0.4, 0.5) is 19.0 Å². The maximum absolute atomic E-state index is 12.7. The third-order valence-corrected chi connectivity index (χ3v) is 2.55. The van der Waals surface area contributed by atoms with E-state index in [0.29, 0.717) is 13.0 Å². The highest BCUT2D eigenvalue weighted by Crippen LogP contribution is 2.30. The first kappa shape index (κ1) is 15.5. The summed E-state index contributed by atoms with van der Waals surface area (Å²) in [7, 11) is 0. The number of nitrogens with zero attached hydrogens (tertiary/aromatic N) is 2. The fourth-order valence-corrected chi connectivity index (χ4v) is 1.23. The number of rotatable bonds is 5. The lowest BCUT2D eigenvalue weighted by Gasteiger charge is -2.24. The molecule has 0 bridgehead atoms. The van der Waals surface area contributed by atoms with Gasteiger partial charge < -0.3 is 10.1 Å². The standard InChI is InChI=1S/C12H18F3N3O/c1-5-11(3,4)19-9-7-8(16-6-2)17-10(18-9)12(13,14)15/h7H,5-6H2,1-4H3,(H,16,17,18). The van der Waals surface area contributed by atoms with Gasteiger partial charge in [0.05, 0.1) is 0 Å². The Morgan fingerprint density at radius 3 is 2.32 bits per heavy atom. The van der Waals surface area contributed by atoms with Crippen LogP contribution < -0.4 is 10.1 Å². The number of alkyl halides is 3. The number of hydrogen-bond donors (Lipinski definition) is 1. The highest BCUT2D eigenvalue weighted by Gasteiger charge is 2.36. The van der Waals surface area contributed by atoms with Gasteiger partial charge in [0, 0.05) is 12.6 Å². The Morgan fingerprint density at radius 1 is 1.21 bits per heavy atom. The van der Waals surface area contributed by atoms with Gasteiger partial charge in [0.15, 0.2) is 0 Å². The zero-order chi connectivity index (χ0) is 14.7. The average molecular weight is 277 g/mol. The third kappa shape index (κ3) is 4.57. The minimum atomic E-state index is -4.60. The molecule has 1 N–H and O–H groups in total. The second-order valence-electron chi connectivity index (χ2n) is 4.66. The molecule has 1 rings (SSSR count). The van der Waals surface area contributed by atoms with Crippen molar-refractivity contribution in [3.63, 3.8) is 0 Å². The number of aromatic nitrogens is 2. The highest BCUT2D eigenvalue weighted by atomic mass is 19.4. The SMILES string of the molecule is CCNc1cc(OC(C)(C)CC)nc(C(F)(F)F)n1. The van der Waals surface area contributed by atoms with Crippen molar-refractivity contribution in [1.82, 2.24) is 9.97 Å². The van der Waals surface area contributed by atoms with Crippen LogP contribution in [0.2, 0.25) is 0 Å². The van der Waals surface area contributed by atoms with Gasteiger partial charge in [0.1, 0.15) is 11.4 Å². The van der Waals surface area contributed by atoms with E-state index >= 15 is 0 Å². The quantitative estimate of drug-likeness (QED) is 0.895. The molecule has 0 atom stereocenters. The van der Waals surface area contributed by atoms with Gasteiger partial charge in [-0.1, -0.05) is 6.92 Å². The summed E-state index contributed by atoms with van der Waals surface area (Å²) in [5, 5.41) is 2.73. The van der Waals surface area contributed by atoms with E-state index in [1.54, 1.807) is 20.8 Å². The number of halogens is 3. The largest absolute Gasteiger partial charge is 0.472 e. The summed E-state index contributed by atoms with van der Waals surface area (Å²) in [6, 6.07) is 1.37. The number of ether oxygens (including phenoxy) is 1. The molecule has 0 saturated heterocycles. The van der Waals surface area contributed by atoms with E-state index < -0.39 is 17.6 Å². The van der Waals surface area contributed by atoms with Crippen LogP contribution in [0.5, 0.6) is 5.88 Å². The Morgan fingerprint density at radius 2 is 1.84 bits per heavy atom. The minimum Gasteiger partial charge on any atom is -0.472 e. The van der Waals surface area contributed by atoms with Gasteiger partial charge in [-0.25, -0.2) is 4.98 Å². The fourth-order valence-electron chi connectivity index (χ4n) is 1.23. The molecule has 1 heterocycles. The summed E-state index contributed by atoms with van der Waals surface area (Å²) in [5.41, 5.74) is -0.583. The Kier molecular flexibility index (Phi) is 4.60. The van der Waals surface area contributed by atoms with Crippen LogP contribution in [-0.4, -0.2) is 22.1 Å². The normalized spacial score (nSPS) is 12.4. The molecule has 19 heavy (non-hydrogen) atoms. The molecule has 108 valence electrons. The van der Waals surface area contributed by atoms with E-state index in [1.807, 2.05) is 6.92 Å². The van der Waals surface area contributed by atoms with Crippen molar-refractivity contribution in [2.75, 3.05) is 11.9 Å². The summed E-state index contributed by atoms with van der Waals surface area (Å²) >= 11 is 0. The molecule has 0 amide bonds. The number of anilines is 1. The molecule has 0 spiro atoms. The van der Waals surface area contributed by atoms with Crippen LogP contribution in [0.1, 0.15) is 39.9 Å². The smallest absolute Gasteiger partial charge is 0.451 e. The molecule has 0 unspecified atom stereocenters. The van der Waals surface area contributed by atoms with Crippen molar-refractivity contribution < 1.29 is 17.9 Å². The Hall–Kier alpha value is -1.53. The number of nitrogens with one attached hydrogen (secondary N) is 1. The molecule has 0 radical (unpaired) electrons. The van der Waals surface area contributed by atoms with Crippen molar-refractivity contribution in [1.29, 1.82) is 0 Å². The van der Waals surface area contributed by atoms with Crippen LogP contribution in [0.15, 0.2) is 6.07 Å². The lowest BCUT2D eigenvalue weighted by molar-refractivity contribution is -0.145. The van der Waals surface area contributed by atoms with E-state index in [-0.39, 0.29) is 11.7 Å². The van der Waals surface area contributed by atoms with Crippen LogP contribution >= 0.6 is 0 Å². The maximum atomic E-state index is 12.7. The first-order chi connectivity index (χ1) is 8.68. The van der Waals surface area contributed by atoms with Crippen molar-refractivity contribution in [3.05, 3.63) is 11.9 Å². The van der Waals surface area contributed by atoms with Gasteiger partial charge in [-0.3, -0.25) is 0 Å². The molecule has 0 saturated carbocycles. The molecule has 1 aromatic rings. The first-order valence-electron chi connectivity index (χ1n) is 6.07. The van der Waals surface area contributed by atoms with Crippen LogP contribution in [-0.2, 0) is 6.18 Å². The van der Waals surface area contributed by atoms with Gasteiger partial charge in [0.25, 0.3) is 0 Å². The van der Waals surface area contributed by atoms with E-state index in [1.165, 1.54) is 6.07 Å². The van der Waals surface area contributed by atoms with Crippen LogP contribution in [0, 0.1) is 0 Å². The highest BCUT2D eigenvalue weighted by molar-refractivity contribution is 5.38. The van der Waals surface area contributed by atoms with Gasteiger partial charge in [-0.15, -0.1) is 0 Å². The van der Waals surface area contributed by atoms with Crippen molar-refractivity contribution in [2.45, 2.75) is 45.9 Å². The summed E-state index contributed by atoms with van der Waals surface area (Å²) in [6.45, 7) is 7.69. The minimum absolute atomic E-state index is 0.0786. The van der Waals surface area contributed by atoms with Crippen LogP contribution in [0.3, 0.4) is 0 Å². The number of hydrogen-bond acceptors (Lipinski definition) is 4. The molecule has 0 aromatic carbocycles. The molecule has 0 fully saturated rings. The second kappa shape index (κ2) is 5.63. The fraction of sp³-hybridized carbons (Fsp3) is 0.667. The molecule has 1 aromatic heterocycles. The lowest BCUT2D eigenvalue weighted by atomic mass is 10.1. The Bertz CT molecular complexity index is 433. The first-order valence-corrected chi connectivity index (χ1v) is 6.07. The van der Waals surface area contributed by atoms with E-state index in [9.17, 15) is 13.2 Å². The van der Waals surface area contributed by atoms with Crippen LogP contribution in [0.25, 0.3) is 0 Å². The summed E-state index contributed by atoms with van der Waals surface area (Å²) in [6.07, 6.45) is -3.95.